The number of aromatic nitrogens is 2. The lowest BCUT2D eigenvalue weighted by atomic mass is 10.1. The van der Waals surface area contributed by atoms with Crippen molar-refractivity contribution in [3.8, 4) is 0 Å². The second-order valence-corrected chi connectivity index (χ2v) is 5.61. The minimum Gasteiger partial charge on any atom is -0.350 e. The number of thiophene rings is 1. The molecule has 0 bridgehead atoms. The van der Waals surface area contributed by atoms with E-state index >= 15 is 0 Å². The molecule has 0 fully saturated rings. The normalized spacial score (nSPS) is 12.0. The molecule has 0 aliphatic heterocycles. The van der Waals surface area contributed by atoms with Crippen LogP contribution in [0.25, 0.3) is 10.2 Å². The predicted octanol–water partition coefficient (Wildman–Crippen LogP) is 3.56. The first-order valence-electron chi connectivity index (χ1n) is 4.65. The molecule has 3 nitrogen and oxygen atoms in total. The topological polar surface area (TPSA) is 37.8 Å². The summed E-state index contributed by atoms with van der Waals surface area (Å²) in [6.07, 6.45) is 0. The van der Waals surface area contributed by atoms with Crippen LogP contribution in [0.15, 0.2) is 11.4 Å². The summed E-state index contributed by atoms with van der Waals surface area (Å²) in [5.74, 6) is 0.586. The van der Waals surface area contributed by atoms with Crippen molar-refractivity contribution in [2.75, 3.05) is 5.32 Å². The van der Waals surface area contributed by atoms with Gasteiger partial charge >= 0.3 is 0 Å². The Labute approximate surface area is 97.5 Å². The standard InChI is InChI=1S/C10H12ClN3S/c1-10(2,3)14-9-12-7(11)6-4-5-15-8(6)13-9/h4-5H,1-3H3,(H,12,13,14). The summed E-state index contributed by atoms with van der Waals surface area (Å²) < 4.78 is 0. The summed E-state index contributed by atoms with van der Waals surface area (Å²) in [7, 11) is 0. The highest BCUT2D eigenvalue weighted by atomic mass is 35.5. The van der Waals surface area contributed by atoms with Gasteiger partial charge in [-0.1, -0.05) is 11.6 Å². The van der Waals surface area contributed by atoms with E-state index < -0.39 is 0 Å². The second-order valence-electron chi connectivity index (χ2n) is 4.35. The lowest BCUT2D eigenvalue weighted by Gasteiger charge is -2.20. The molecule has 2 aromatic rings. The number of halogens is 1. The molecule has 5 heteroatoms. The van der Waals surface area contributed by atoms with Crippen LogP contribution < -0.4 is 5.32 Å². The number of hydrogen-bond acceptors (Lipinski definition) is 4. The zero-order valence-corrected chi connectivity index (χ0v) is 10.4. The number of nitrogens with one attached hydrogen (secondary N) is 1. The van der Waals surface area contributed by atoms with Crippen molar-refractivity contribution in [3.63, 3.8) is 0 Å². The average molecular weight is 242 g/mol. The zero-order chi connectivity index (χ0) is 11.1. The summed E-state index contributed by atoms with van der Waals surface area (Å²) in [5, 5.41) is 6.59. The van der Waals surface area contributed by atoms with Crippen LogP contribution in [-0.2, 0) is 0 Å². The van der Waals surface area contributed by atoms with Crippen molar-refractivity contribution in [2.24, 2.45) is 0 Å². The van der Waals surface area contributed by atoms with Crippen molar-refractivity contribution in [3.05, 3.63) is 16.6 Å². The van der Waals surface area contributed by atoms with Crippen molar-refractivity contribution in [1.82, 2.24) is 9.97 Å². The van der Waals surface area contributed by atoms with Gasteiger partial charge < -0.3 is 5.32 Å². The van der Waals surface area contributed by atoms with E-state index in [-0.39, 0.29) is 5.54 Å². The molecule has 0 aliphatic carbocycles. The molecule has 2 heterocycles. The first kappa shape index (κ1) is 10.6. The van der Waals surface area contributed by atoms with Gasteiger partial charge in [0, 0.05) is 10.9 Å². The van der Waals surface area contributed by atoms with Gasteiger partial charge in [-0.3, -0.25) is 0 Å². The Balaban J connectivity index is 2.45. The lowest BCUT2D eigenvalue weighted by molar-refractivity contribution is 0.627. The van der Waals surface area contributed by atoms with E-state index in [1.54, 1.807) is 11.3 Å². The van der Waals surface area contributed by atoms with Gasteiger partial charge in [0.15, 0.2) is 0 Å². The number of nitrogens with zero attached hydrogens (tertiary/aromatic N) is 2. The molecule has 0 spiro atoms. The molecule has 0 aliphatic rings. The van der Waals surface area contributed by atoms with Crippen LogP contribution in [0, 0.1) is 0 Å². The first-order chi connectivity index (χ1) is 6.96. The van der Waals surface area contributed by atoms with Crippen LogP contribution >= 0.6 is 22.9 Å². The third-order valence-corrected chi connectivity index (χ3v) is 2.86. The third kappa shape index (κ3) is 2.38. The van der Waals surface area contributed by atoms with Gasteiger partial charge in [0.25, 0.3) is 0 Å². The fraction of sp³-hybridized carbons (Fsp3) is 0.400. The molecule has 15 heavy (non-hydrogen) atoms. The lowest BCUT2D eigenvalue weighted by Crippen LogP contribution is -2.27. The second kappa shape index (κ2) is 3.61. The molecular formula is C10H12ClN3S. The average Bonchev–Trinajstić information content (AvgIpc) is 2.48. The number of hydrogen-bond donors (Lipinski definition) is 1. The molecule has 0 saturated heterocycles. The predicted molar refractivity (Wildman–Crippen MR) is 65.8 cm³/mol. The van der Waals surface area contributed by atoms with E-state index in [1.807, 2.05) is 11.4 Å². The van der Waals surface area contributed by atoms with Crippen LogP contribution in [-0.4, -0.2) is 15.5 Å². The highest BCUT2D eigenvalue weighted by Crippen LogP contribution is 2.26. The monoisotopic (exact) mass is 241 g/mol. The zero-order valence-electron chi connectivity index (χ0n) is 8.84. The Morgan fingerprint density at radius 1 is 1.33 bits per heavy atom. The highest BCUT2D eigenvalue weighted by Gasteiger charge is 2.13. The van der Waals surface area contributed by atoms with E-state index in [4.69, 9.17) is 11.6 Å². The number of fused-ring (bicyclic) bond motifs is 1. The maximum absolute atomic E-state index is 6.05. The molecule has 1 N–H and O–H groups in total. The maximum atomic E-state index is 6.05. The van der Waals surface area contributed by atoms with Crippen molar-refractivity contribution in [1.29, 1.82) is 0 Å². The van der Waals surface area contributed by atoms with Gasteiger partial charge in [-0.15, -0.1) is 11.3 Å². The Morgan fingerprint density at radius 2 is 2.07 bits per heavy atom. The van der Waals surface area contributed by atoms with Gasteiger partial charge in [-0.25, -0.2) is 9.97 Å². The van der Waals surface area contributed by atoms with Gasteiger partial charge in [-0.05, 0) is 32.2 Å². The number of anilines is 1. The fourth-order valence-corrected chi connectivity index (χ4v) is 2.26. The SMILES string of the molecule is CC(C)(C)Nc1nc(Cl)c2ccsc2n1. The molecule has 0 amide bonds. The van der Waals surface area contributed by atoms with Crippen LogP contribution in [0.1, 0.15) is 20.8 Å². The number of rotatable bonds is 1. The van der Waals surface area contributed by atoms with E-state index in [1.165, 1.54) is 0 Å². The highest BCUT2D eigenvalue weighted by molar-refractivity contribution is 7.16. The van der Waals surface area contributed by atoms with Crippen molar-refractivity contribution >= 4 is 39.1 Å². The smallest absolute Gasteiger partial charge is 0.225 e. The summed E-state index contributed by atoms with van der Waals surface area (Å²) in [6.45, 7) is 6.18. The van der Waals surface area contributed by atoms with Gasteiger partial charge in [0.1, 0.15) is 9.98 Å². The van der Waals surface area contributed by atoms with Crippen molar-refractivity contribution < 1.29 is 0 Å². The van der Waals surface area contributed by atoms with Crippen LogP contribution in [0.3, 0.4) is 0 Å². The molecule has 0 unspecified atom stereocenters. The Bertz CT molecular complexity index is 487. The molecule has 0 aromatic carbocycles. The van der Waals surface area contributed by atoms with Crippen LogP contribution in [0.5, 0.6) is 0 Å². The third-order valence-electron chi connectivity index (χ3n) is 1.77. The Morgan fingerprint density at radius 3 is 2.73 bits per heavy atom. The Kier molecular flexibility index (Phi) is 2.56. The van der Waals surface area contributed by atoms with Crippen LogP contribution in [0.2, 0.25) is 5.15 Å². The summed E-state index contributed by atoms with van der Waals surface area (Å²) in [6, 6.07) is 1.93. The van der Waals surface area contributed by atoms with Gasteiger partial charge in [0.2, 0.25) is 5.95 Å². The molecular weight excluding hydrogens is 230 g/mol. The van der Waals surface area contributed by atoms with Crippen LogP contribution in [0.4, 0.5) is 5.95 Å². The quantitative estimate of drug-likeness (QED) is 0.776. The molecule has 0 atom stereocenters. The van der Waals surface area contributed by atoms with Gasteiger partial charge in [0.05, 0.1) is 0 Å². The molecule has 80 valence electrons. The van der Waals surface area contributed by atoms with Crippen molar-refractivity contribution in [2.45, 2.75) is 26.3 Å². The molecule has 0 radical (unpaired) electrons. The fourth-order valence-electron chi connectivity index (χ4n) is 1.21. The van der Waals surface area contributed by atoms with Gasteiger partial charge in [-0.2, -0.15) is 0 Å². The molecule has 2 rings (SSSR count). The minimum absolute atomic E-state index is 0.0612. The summed E-state index contributed by atoms with van der Waals surface area (Å²) >= 11 is 7.61. The van der Waals surface area contributed by atoms with E-state index in [0.717, 1.165) is 10.2 Å². The molecule has 0 saturated carbocycles. The largest absolute Gasteiger partial charge is 0.350 e. The van der Waals surface area contributed by atoms with E-state index in [9.17, 15) is 0 Å². The molecule has 2 aromatic heterocycles. The summed E-state index contributed by atoms with van der Waals surface area (Å²) in [5.41, 5.74) is -0.0612. The Hall–Kier alpha value is -0.870. The van der Waals surface area contributed by atoms with E-state index in [0.29, 0.717) is 11.1 Å². The minimum atomic E-state index is -0.0612. The first-order valence-corrected chi connectivity index (χ1v) is 5.90. The van der Waals surface area contributed by atoms with E-state index in [2.05, 4.69) is 36.1 Å². The summed E-state index contributed by atoms with van der Waals surface area (Å²) in [4.78, 5) is 9.52. The maximum Gasteiger partial charge on any atom is 0.225 e.